The van der Waals surface area contributed by atoms with E-state index in [1.54, 1.807) is 18.2 Å². The summed E-state index contributed by atoms with van der Waals surface area (Å²) >= 11 is 12.0. The summed E-state index contributed by atoms with van der Waals surface area (Å²) in [4.78, 5) is 26.0. The maximum Gasteiger partial charge on any atom is 0.256 e. The molecule has 0 atom stereocenters. The largest absolute Gasteiger partial charge is 0.489 e. The zero-order chi connectivity index (χ0) is 22.9. The molecule has 0 aliphatic carbocycles. The van der Waals surface area contributed by atoms with Crippen LogP contribution >= 0.6 is 23.2 Å². The summed E-state index contributed by atoms with van der Waals surface area (Å²) in [6, 6.07) is 7.28. The number of Topliss-reactive ketones (excluding diaryl/α,β-unsaturated/α-hetero) is 1. The average molecular weight is 483 g/mol. The number of hydrogen-bond donors (Lipinski definition) is 2. The molecule has 32 heavy (non-hydrogen) atoms. The second-order valence-electron chi connectivity index (χ2n) is 7.89. The first-order valence-corrected chi connectivity index (χ1v) is 10.8. The third kappa shape index (κ3) is 4.92. The Morgan fingerprint density at radius 2 is 2.00 bits per heavy atom. The number of aliphatic hydroxyl groups is 1. The van der Waals surface area contributed by atoms with Gasteiger partial charge in [-0.25, -0.2) is 4.39 Å². The number of fused-ring (bicyclic) bond motifs is 1. The van der Waals surface area contributed by atoms with Crippen LogP contribution in [0.5, 0.6) is 11.5 Å². The third-order valence-electron chi connectivity index (χ3n) is 5.54. The quantitative estimate of drug-likeness (QED) is 0.692. The van der Waals surface area contributed by atoms with Crippen molar-refractivity contribution in [3.05, 3.63) is 51.8 Å². The van der Waals surface area contributed by atoms with Gasteiger partial charge in [-0.3, -0.25) is 9.59 Å². The Morgan fingerprint density at radius 1 is 1.25 bits per heavy atom. The Hall–Kier alpha value is -2.55. The zero-order valence-corrected chi connectivity index (χ0v) is 18.5. The number of hydrogen-bond acceptors (Lipinski definition) is 6. The number of likely N-dealkylation sites (tertiary alicyclic amines) is 1. The number of ketones is 1. The number of benzene rings is 2. The van der Waals surface area contributed by atoms with Crippen LogP contribution in [0.2, 0.25) is 10.0 Å². The Bertz CT molecular complexity index is 1060. The molecule has 0 aromatic heterocycles. The number of halogens is 3. The normalized spacial score (nSPS) is 17.6. The molecule has 7 nitrogen and oxygen atoms in total. The Labute approximate surface area is 194 Å². The molecule has 2 aromatic carbocycles. The topological polar surface area (TPSA) is 88.1 Å². The fourth-order valence-electron chi connectivity index (χ4n) is 3.62. The maximum absolute atomic E-state index is 14.6. The maximum atomic E-state index is 14.6. The smallest absolute Gasteiger partial charge is 0.256 e. The van der Waals surface area contributed by atoms with Gasteiger partial charge >= 0.3 is 0 Å². The number of nitrogens with one attached hydrogen (secondary N) is 1. The minimum absolute atomic E-state index is 0.00111. The van der Waals surface area contributed by atoms with E-state index in [0.717, 1.165) is 6.07 Å². The first-order chi connectivity index (χ1) is 15.2. The van der Waals surface area contributed by atoms with E-state index < -0.39 is 17.3 Å². The van der Waals surface area contributed by atoms with Crippen LogP contribution in [0.4, 0.5) is 10.1 Å². The third-order valence-corrected chi connectivity index (χ3v) is 6.07. The van der Waals surface area contributed by atoms with Gasteiger partial charge in [0.2, 0.25) is 0 Å². The van der Waals surface area contributed by atoms with Gasteiger partial charge in [-0.1, -0.05) is 23.2 Å². The molecule has 2 aliphatic heterocycles. The van der Waals surface area contributed by atoms with Crippen molar-refractivity contribution in [1.29, 1.82) is 0 Å². The van der Waals surface area contributed by atoms with Crippen molar-refractivity contribution in [3.8, 4) is 11.5 Å². The van der Waals surface area contributed by atoms with E-state index in [1.807, 2.05) is 0 Å². The van der Waals surface area contributed by atoms with Crippen LogP contribution in [-0.2, 0) is 4.79 Å². The van der Waals surface area contributed by atoms with Crippen LogP contribution in [-0.4, -0.2) is 60.1 Å². The molecule has 0 radical (unpaired) electrons. The highest BCUT2D eigenvalue weighted by molar-refractivity contribution is 6.35. The lowest BCUT2D eigenvalue weighted by molar-refractivity contribution is -0.119. The van der Waals surface area contributed by atoms with E-state index in [2.05, 4.69) is 5.32 Å². The standard InChI is InChI=1S/C22H21Cl2FN2O5/c23-13-1-2-19(16(24)7-13)32-12-22(30)3-5-27(6-4-22)21(29)15-8-18-20(9-17(15)25)31-11-14(28)10-26-18/h1-2,7-9,26,30H,3-6,10-12H2. The summed E-state index contributed by atoms with van der Waals surface area (Å²) in [5, 5.41) is 14.5. The Balaban J connectivity index is 1.39. The second kappa shape index (κ2) is 9.13. The van der Waals surface area contributed by atoms with Gasteiger partial charge in [0.25, 0.3) is 5.91 Å². The molecule has 10 heteroatoms. The first kappa shape index (κ1) is 22.6. The minimum Gasteiger partial charge on any atom is -0.489 e. The van der Waals surface area contributed by atoms with Crippen LogP contribution in [0.15, 0.2) is 30.3 Å². The van der Waals surface area contributed by atoms with E-state index in [9.17, 15) is 19.1 Å². The van der Waals surface area contributed by atoms with E-state index in [4.69, 9.17) is 32.7 Å². The molecule has 4 rings (SSSR count). The Kier molecular flexibility index (Phi) is 6.46. The fraction of sp³-hybridized carbons (Fsp3) is 0.364. The highest BCUT2D eigenvalue weighted by atomic mass is 35.5. The van der Waals surface area contributed by atoms with Crippen molar-refractivity contribution >= 4 is 40.6 Å². The summed E-state index contributed by atoms with van der Waals surface area (Å²) in [6.07, 6.45) is 0.513. The summed E-state index contributed by atoms with van der Waals surface area (Å²) in [6.45, 7) is 0.345. The van der Waals surface area contributed by atoms with Gasteiger partial charge in [0, 0.05) is 24.2 Å². The monoisotopic (exact) mass is 482 g/mol. The van der Waals surface area contributed by atoms with E-state index >= 15 is 0 Å². The lowest BCUT2D eigenvalue weighted by Crippen LogP contribution is -2.49. The van der Waals surface area contributed by atoms with Crippen molar-refractivity contribution in [2.45, 2.75) is 18.4 Å². The summed E-state index contributed by atoms with van der Waals surface area (Å²) in [5.41, 5.74) is -0.881. The summed E-state index contributed by atoms with van der Waals surface area (Å²) < 4.78 is 25.6. The van der Waals surface area contributed by atoms with Crippen LogP contribution in [0, 0.1) is 5.82 Å². The van der Waals surface area contributed by atoms with E-state index in [0.29, 0.717) is 21.5 Å². The van der Waals surface area contributed by atoms with Gasteiger partial charge in [0.1, 0.15) is 36.1 Å². The molecule has 2 N–H and O–H groups in total. The number of amides is 1. The molecule has 1 fully saturated rings. The van der Waals surface area contributed by atoms with Crippen LogP contribution < -0.4 is 14.8 Å². The number of rotatable bonds is 4. The highest BCUT2D eigenvalue weighted by Crippen LogP contribution is 2.32. The van der Waals surface area contributed by atoms with Crippen molar-refractivity contribution < 1.29 is 28.6 Å². The molecule has 0 spiro atoms. The highest BCUT2D eigenvalue weighted by Gasteiger charge is 2.36. The number of ether oxygens (including phenoxy) is 2. The lowest BCUT2D eigenvalue weighted by atomic mass is 9.92. The molecule has 170 valence electrons. The zero-order valence-electron chi connectivity index (χ0n) is 17.0. The molecule has 2 aromatic rings. The summed E-state index contributed by atoms with van der Waals surface area (Å²) in [5.74, 6) is -0.802. The molecule has 0 bridgehead atoms. The molecule has 0 unspecified atom stereocenters. The molecular weight excluding hydrogens is 462 g/mol. The van der Waals surface area contributed by atoms with Crippen molar-refractivity contribution in [3.63, 3.8) is 0 Å². The van der Waals surface area contributed by atoms with Gasteiger partial charge < -0.3 is 24.8 Å². The number of piperidine rings is 1. The predicted molar refractivity (Wildman–Crippen MR) is 117 cm³/mol. The number of nitrogens with zero attached hydrogens (tertiary/aromatic N) is 1. The van der Waals surface area contributed by atoms with Crippen molar-refractivity contribution in [2.24, 2.45) is 0 Å². The van der Waals surface area contributed by atoms with Crippen LogP contribution in [0.1, 0.15) is 23.2 Å². The SMILES string of the molecule is O=C1CNc2cc(C(=O)N3CCC(O)(COc4ccc(Cl)cc4Cl)CC3)c(F)cc2OC1. The molecule has 1 saturated heterocycles. The minimum atomic E-state index is -1.15. The second-order valence-corrected chi connectivity index (χ2v) is 8.73. The Morgan fingerprint density at radius 3 is 2.72 bits per heavy atom. The van der Waals surface area contributed by atoms with Gasteiger partial charge in [-0.05, 0) is 37.1 Å². The van der Waals surface area contributed by atoms with Crippen LogP contribution in [0.25, 0.3) is 0 Å². The molecule has 2 heterocycles. The molecular formula is C22H21Cl2FN2O5. The number of carbonyl (C=O) groups excluding carboxylic acids is 2. The number of anilines is 1. The van der Waals surface area contributed by atoms with E-state index in [-0.39, 0.29) is 62.8 Å². The number of carbonyl (C=O) groups is 2. The molecule has 2 aliphatic rings. The van der Waals surface area contributed by atoms with Gasteiger partial charge in [0.05, 0.1) is 22.8 Å². The van der Waals surface area contributed by atoms with Gasteiger partial charge in [0.15, 0.2) is 5.78 Å². The van der Waals surface area contributed by atoms with Gasteiger partial charge in [-0.2, -0.15) is 0 Å². The van der Waals surface area contributed by atoms with Crippen LogP contribution in [0.3, 0.4) is 0 Å². The molecule has 1 amide bonds. The first-order valence-electron chi connectivity index (χ1n) is 10.1. The van der Waals surface area contributed by atoms with Crippen molar-refractivity contribution in [2.75, 3.05) is 38.2 Å². The predicted octanol–water partition coefficient (Wildman–Crippen LogP) is 3.55. The van der Waals surface area contributed by atoms with Gasteiger partial charge in [-0.15, -0.1) is 0 Å². The van der Waals surface area contributed by atoms with E-state index in [1.165, 1.54) is 11.0 Å². The lowest BCUT2D eigenvalue weighted by Gasteiger charge is -2.38. The van der Waals surface area contributed by atoms with Crippen molar-refractivity contribution in [1.82, 2.24) is 4.90 Å². The summed E-state index contributed by atoms with van der Waals surface area (Å²) in [7, 11) is 0. The average Bonchev–Trinajstić information content (AvgIpc) is 2.94. The molecule has 0 saturated carbocycles. The fourth-order valence-corrected chi connectivity index (χ4v) is 4.09.